The minimum absolute atomic E-state index is 0.0164. The second-order valence-corrected chi connectivity index (χ2v) is 7.82. The molecule has 3 aromatic rings. The van der Waals surface area contributed by atoms with Crippen molar-refractivity contribution in [2.45, 2.75) is 19.3 Å². The SMILES string of the molecule is O=C(Nc1ccccc1Cc1ccccc1)C1CCN(c2ccccc2[N+](=O)[O-])CC1. The number of anilines is 2. The lowest BCUT2D eigenvalue weighted by Crippen LogP contribution is -2.38. The van der Waals surface area contributed by atoms with E-state index in [9.17, 15) is 14.9 Å². The highest BCUT2D eigenvalue weighted by Crippen LogP contribution is 2.31. The quantitative estimate of drug-likeness (QED) is 0.452. The van der Waals surface area contributed by atoms with Crippen LogP contribution in [0.15, 0.2) is 78.9 Å². The molecule has 1 heterocycles. The van der Waals surface area contributed by atoms with Crippen LogP contribution >= 0.6 is 0 Å². The van der Waals surface area contributed by atoms with Gasteiger partial charge in [-0.15, -0.1) is 0 Å². The first-order chi connectivity index (χ1) is 15.1. The Morgan fingerprint density at radius 1 is 0.935 bits per heavy atom. The van der Waals surface area contributed by atoms with Gasteiger partial charge < -0.3 is 10.2 Å². The predicted octanol–water partition coefficient (Wildman–Crippen LogP) is 5.04. The Morgan fingerprint density at radius 2 is 1.58 bits per heavy atom. The molecular formula is C25H25N3O3. The summed E-state index contributed by atoms with van der Waals surface area (Å²) in [5.74, 6) is -0.0912. The zero-order chi connectivity index (χ0) is 21.6. The van der Waals surface area contributed by atoms with Crippen LogP contribution in [0.3, 0.4) is 0 Å². The smallest absolute Gasteiger partial charge is 0.292 e. The molecule has 6 nitrogen and oxygen atoms in total. The minimum Gasteiger partial charge on any atom is -0.366 e. The third-order valence-corrected chi connectivity index (χ3v) is 5.80. The van der Waals surface area contributed by atoms with E-state index in [4.69, 9.17) is 0 Å². The van der Waals surface area contributed by atoms with Crippen molar-refractivity contribution in [3.63, 3.8) is 0 Å². The van der Waals surface area contributed by atoms with Gasteiger partial charge in [-0.2, -0.15) is 0 Å². The van der Waals surface area contributed by atoms with Crippen molar-refractivity contribution in [3.05, 3.63) is 100 Å². The fraction of sp³-hybridized carbons (Fsp3) is 0.240. The summed E-state index contributed by atoms with van der Waals surface area (Å²) in [6, 6.07) is 24.9. The zero-order valence-corrected chi connectivity index (χ0v) is 17.2. The average molecular weight is 415 g/mol. The van der Waals surface area contributed by atoms with Crippen LogP contribution in [0.2, 0.25) is 0 Å². The molecule has 0 aromatic heterocycles. The van der Waals surface area contributed by atoms with E-state index >= 15 is 0 Å². The van der Waals surface area contributed by atoms with E-state index in [2.05, 4.69) is 17.4 Å². The van der Waals surface area contributed by atoms with Crippen LogP contribution in [0, 0.1) is 16.0 Å². The number of carbonyl (C=O) groups excluding carboxylic acids is 1. The Balaban J connectivity index is 1.40. The largest absolute Gasteiger partial charge is 0.366 e. The van der Waals surface area contributed by atoms with Gasteiger partial charge in [-0.3, -0.25) is 14.9 Å². The summed E-state index contributed by atoms with van der Waals surface area (Å²) in [5.41, 5.74) is 3.86. The summed E-state index contributed by atoms with van der Waals surface area (Å²) < 4.78 is 0. The molecule has 1 saturated heterocycles. The van der Waals surface area contributed by atoms with Crippen molar-refractivity contribution in [3.8, 4) is 0 Å². The van der Waals surface area contributed by atoms with Gasteiger partial charge in [0.1, 0.15) is 5.69 Å². The first-order valence-corrected chi connectivity index (χ1v) is 10.5. The number of nitro benzene ring substituents is 1. The minimum atomic E-state index is -0.349. The number of amides is 1. The molecule has 0 bridgehead atoms. The number of rotatable bonds is 6. The number of nitrogens with one attached hydrogen (secondary N) is 1. The van der Waals surface area contributed by atoms with Gasteiger partial charge in [0.15, 0.2) is 0 Å². The Hall–Kier alpha value is -3.67. The molecule has 3 aromatic carbocycles. The molecule has 0 unspecified atom stereocenters. The zero-order valence-electron chi connectivity index (χ0n) is 17.2. The second kappa shape index (κ2) is 9.43. The maximum Gasteiger partial charge on any atom is 0.292 e. The van der Waals surface area contributed by atoms with Crippen LogP contribution in [-0.4, -0.2) is 23.9 Å². The fourth-order valence-electron chi connectivity index (χ4n) is 4.12. The molecule has 31 heavy (non-hydrogen) atoms. The molecule has 1 fully saturated rings. The van der Waals surface area contributed by atoms with Gasteiger partial charge in [-0.25, -0.2) is 0 Å². The van der Waals surface area contributed by atoms with E-state index in [1.807, 2.05) is 53.4 Å². The van der Waals surface area contributed by atoms with E-state index in [1.165, 1.54) is 11.6 Å². The lowest BCUT2D eigenvalue weighted by atomic mass is 9.94. The van der Waals surface area contributed by atoms with E-state index < -0.39 is 0 Å². The summed E-state index contributed by atoms with van der Waals surface area (Å²) in [5, 5.41) is 14.4. The van der Waals surface area contributed by atoms with Gasteiger partial charge in [0.25, 0.3) is 5.69 Å². The van der Waals surface area contributed by atoms with E-state index in [1.54, 1.807) is 12.1 Å². The molecular weight excluding hydrogens is 390 g/mol. The third-order valence-electron chi connectivity index (χ3n) is 5.80. The summed E-state index contributed by atoms with van der Waals surface area (Å²) >= 11 is 0. The molecule has 1 N–H and O–H groups in total. The highest BCUT2D eigenvalue weighted by molar-refractivity contribution is 5.93. The first-order valence-electron chi connectivity index (χ1n) is 10.5. The van der Waals surface area contributed by atoms with Crippen LogP contribution in [0.4, 0.5) is 17.1 Å². The summed E-state index contributed by atoms with van der Waals surface area (Å²) in [7, 11) is 0. The molecule has 0 saturated carbocycles. The predicted molar refractivity (Wildman–Crippen MR) is 122 cm³/mol. The third kappa shape index (κ3) is 4.91. The molecule has 1 aliphatic rings. The lowest BCUT2D eigenvalue weighted by Gasteiger charge is -2.32. The second-order valence-electron chi connectivity index (χ2n) is 7.82. The van der Waals surface area contributed by atoms with Crippen LogP contribution < -0.4 is 10.2 Å². The van der Waals surface area contributed by atoms with Crippen molar-refractivity contribution in [2.24, 2.45) is 5.92 Å². The Morgan fingerprint density at radius 3 is 2.32 bits per heavy atom. The van der Waals surface area contributed by atoms with Crippen molar-refractivity contribution in [1.82, 2.24) is 0 Å². The van der Waals surface area contributed by atoms with Gasteiger partial charge in [-0.05, 0) is 42.5 Å². The number of benzene rings is 3. The van der Waals surface area contributed by atoms with Crippen LogP contribution in [-0.2, 0) is 11.2 Å². The molecule has 1 amide bonds. The number of hydrogen-bond donors (Lipinski definition) is 1. The van der Waals surface area contributed by atoms with Gasteiger partial charge in [0.05, 0.1) is 4.92 Å². The molecule has 0 radical (unpaired) electrons. The van der Waals surface area contributed by atoms with Crippen molar-refractivity contribution in [1.29, 1.82) is 0 Å². The van der Waals surface area contributed by atoms with Crippen LogP contribution in [0.5, 0.6) is 0 Å². The highest BCUT2D eigenvalue weighted by Gasteiger charge is 2.28. The molecule has 1 aliphatic heterocycles. The molecule has 6 heteroatoms. The van der Waals surface area contributed by atoms with Gasteiger partial charge in [0, 0.05) is 30.8 Å². The topological polar surface area (TPSA) is 75.5 Å². The Kier molecular flexibility index (Phi) is 6.26. The van der Waals surface area contributed by atoms with Crippen molar-refractivity contribution >= 4 is 23.0 Å². The normalized spacial score (nSPS) is 14.3. The molecule has 158 valence electrons. The van der Waals surface area contributed by atoms with E-state index in [0.29, 0.717) is 31.6 Å². The van der Waals surface area contributed by atoms with E-state index in [0.717, 1.165) is 17.7 Å². The first kappa shape index (κ1) is 20.6. The summed E-state index contributed by atoms with van der Waals surface area (Å²) in [6.45, 7) is 1.24. The molecule has 0 spiro atoms. The van der Waals surface area contributed by atoms with Crippen LogP contribution in [0.1, 0.15) is 24.0 Å². The number of nitro groups is 1. The molecule has 0 atom stereocenters. The monoisotopic (exact) mass is 415 g/mol. The van der Waals surface area contributed by atoms with Gasteiger partial charge in [0.2, 0.25) is 5.91 Å². The fourth-order valence-corrected chi connectivity index (χ4v) is 4.12. The number of carbonyl (C=O) groups is 1. The number of para-hydroxylation sites is 3. The summed E-state index contributed by atoms with van der Waals surface area (Å²) in [4.78, 5) is 25.9. The Labute approximate surface area is 181 Å². The molecule has 0 aliphatic carbocycles. The Bertz CT molecular complexity index is 1060. The lowest BCUT2D eigenvalue weighted by molar-refractivity contribution is -0.384. The summed E-state index contributed by atoms with van der Waals surface area (Å²) in [6.07, 6.45) is 2.09. The van der Waals surface area contributed by atoms with Crippen molar-refractivity contribution < 1.29 is 9.72 Å². The maximum atomic E-state index is 13.0. The van der Waals surface area contributed by atoms with Crippen molar-refractivity contribution in [2.75, 3.05) is 23.3 Å². The average Bonchev–Trinajstić information content (AvgIpc) is 2.81. The highest BCUT2D eigenvalue weighted by atomic mass is 16.6. The number of piperidine rings is 1. The molecule has 4 rings (SSSR count). The van der Waals surface area contributed by atoms with Crippen LogP contribution in [0.25, 0.3) is 0 Å². The van der Waals surface area contributed by atoms with Gasteiger partial charge in [-0.1, -0.05) is 60.7 Å². The van der Waals surface area contributed by atoms with Gasteiger partial charge >= 0.3 is 0 Å². The maximum absolute atomic E-state index is 13.0. The van der Waals surface area contributed by atoms with E-state index in [-0.39, 0.29) is 22.4 Å². The number of hydrogen-bond acceptors (Lipinski definition) is 4. The standard InChI is InChI=1S/C25H25N3O3/c29-25(26-22-11-5-4-10-21(22)18-19-8-2-1-3-9-19)20-14-16-27(17-15-20)23-12-6-7-13-24(23)28(30)31/h1-13,20H,14-18H2,(H,26,29). The number of nitrogens with zero attached hydrogens (tertiary/aromatic N) is 2.